The largest absolute Gasteiger partial charge is 0.458 e. The number of carbonyl (C=O) groups is 2. The number of unbranched alkanes of at least 4 members (excludes halogenated alkanes) is 33. The molecule has 0 aromatic heterocycles. The molecule has 6 nitrogen and oxygen atoms in total. The topological polar surface area (TPSA) is 95.9 Å². The number of hydrogen-bond donors (Lipinski definition) is 3. The van der Waals surface area contributed by atoms with Crippen molar-refractivity contribution in [1.29, 1.82) is 0 Å². The Hall–Kier alpha value is -2.18. The third kappa shape index (κ3) is 46.4. The first-order valence-electron chi connectivity index (χ1n) is 27.9. The van der Waals surface area contributed by atoms with Gasteiger partial charge in [0.25, 0.3) is 0 Å². The van der Waals surface area contributed by atoms with Gasteiger partial charge in [-0.2, -0.15) is 0 Å². The minimum absolute atomic E-state index is 0.0339. The Morgan fingerprint density at radius 3 is 1.31 bits per heavy atom. The number of aliphatic hydroxyl groups is 2. The van der Waals surface area contributed by atoms with Crippen LogP contribution in [0.25, 0.3) is 0 Å². The molecule has 3 N–H and O–H groups in total. The van der Waals surface area contributed by atoms with E-state index >= 15 is 0 Å². The van der Waals surface area contributed by atoms with Gasteiger partial charge in [0.1, 0.15) is 6.10 Å². The molecule has 374 valence electrons. The maximum absolute atomic E-state index is 13.2. The van der Waals surface area contributed by atoms with Crippen LogP contribution in [0.5, 0.6) is 0 Å². The molecule has 0 rings (SSSR count). The molecule has 1 amide bonds. The lowest BCUT2D eigenvalue weighted by atomic mass is 10.0. The number of ether oxygens (including phenoxy) is 1. The standard InChI is InChI=1S/C58H107NO5/c1-4-7-10-13-16-19-22-24-26-28-29-31-33-36-39-42-45-48-51-58(63)64-54(49-46-43-40-37-34-21-18-15-12-9-6-3)52-57(62)59-55(53-60)56(61)50-47-44-41-38-35-32-30-27-25-23-20-17-14-11-8-5-2/h26,28-29,31,37,40,46,49,54-56,60-61H,4-25,27,30,32-36,38-39,41-45,47-48,50-53H2,1-3H3,(H,59,62)/b28-26+,31-29+,40-37-,49-46+. The number of rotatable bonds is 50. The highest BCUT2D eigenvalue weighted by atomic mass is 16.5. The number of aliphatic hydroxyl groups excluding tert-OH is 2. The molecule has 0 bridgehead atoms. The van der Waals surface area contributed by atoms with Crippen molar-refractivity contribution in [3.05, 3.63) is 48.6 Å². The van der Waals surface area contributed by atoms with Crippen LogP contribution in [-0.4, -0.2) is 46.9 Å². The molecule has 0 aromatic carbocycles. The number of amides is 1. The van der Waals surface area contributed by atoms with Crippen molar-refractivity contribution in [1.82, 2.24) is 5.32 Å². The molecule has 0 spiro atoms. The molecule has 0 saturated carbocycles. The van der Waals surface area contributed by atoms with Gasteiger partial charge in [-0.3, -0.25) is 9.59 Å². The number of hydrogen-bond acceptors (Lipinski definition) is 5. The van der Waals surface area contributed by atoms with Crippen molar-refractivity contribution in [2.75, 3.05) is 6.61 Å². The van der Waals surface area contributed by atoms with Crippen LogP contribution >= 0.6 is 0 Å². The van der Waals surface area contributed by atoms with Crippen LogP contribution in [0, 0.1) is 0 Å². The molecule has 0 aliphatic rings. The second-order valence-electron chi connectivity index (χ2n) is 19.0. The molecule has 3 unspecified atom stereocenters. The zero-order valence-corrected chi connectivity index (χ0v) is 42.7. The third-order valence-electron chi connectivity index (χ3n) is 12.7. The van der Waals surface area contributed by atoms with Crippen LogP contribution in [0.1, 0.15) is 284 Å². The van der Waals surface area contributed by atoms with Crippen molar-refractivity contribution in [2.24, 2.45) is 0 Å². The minimum Gasteiger partial charge on any atom is -0.458 e. The van der Waals surface area contributed by atoms with E-state index in [0.29, 0.717) is 19.3 Å². The highest BCUT2D eigenvalue weighted by molar-refractivity contribution is 5.78. The molecular weight excluding hydrogens is 791 g/mol. The predicted molar refractivity (Wildman–Crippen MR) is 278 cm³/mol. The van der Waals surface area contributed by atoms with Crippen LogP contribution in [0.3, 0.4) is 0 Å². The first kappa shape index (κ1) is 61.8. The molecule has 0 radical (unpaired) electrons. The quantitative estimate of drug-likeness (QED) is 0.0245. The Kier molecular flexibility index (Phi) is 50.0. The van der Waals surface area contributed by atoms with Crippen molar-refractivity contribution in [2.45, 2.75) is 302 Å². The summed E-state index contributed by atoms with van der Waals surface area (Å²) in [5.41, 5.74) is 0. The van der Waals surface area contributed by atoms with Crippen molar-refractivity contribution >= 4 is 11.9 Å². The van der Waals surface area contributed by atoms with Gasteiger partial charge in [-0.05, 0) is 63.9 Å². The van der Waals surface area contributed by atoms with E-state index in [-0.39, 0.29) is 24.9 Å². The monoisotopic (exact) mass is 898 g/mol. The van der Waals surface area contributed by atoms with Crippen LogP contribution < -0.4 is 5.32 Å². The summed E-state index contributed by atoms with van der Waals surface area (Å²) < 4.78 is 5.83. The Morgan fingerprint density at radius 2 is 0.875 bits per heavy atom. The third-order valence-corrected chi connectivity index (χ3v) is 12.7. The second kappa shape index (κ2) is 51.8. The van der Waals surface area contributed by atoms with Crippen LogP contribution in [0.4, 0.5) is 0 Å². The van der Waals surface area contributed by atoms with Gasteiger partial charge in [0.05, 0.1) is 25.2 Å². The Balaban J connectivity index is 4.55. The minimum atomic E-state index is -0.814. The summed E-state index contributed by atoms with van der Waals surface area (Å²) in [4.78, 5) is 26.1. The molecule has 0 aliphatic carbocycles. The average Bonchev–Trinajstić information content (AvgIpc) is 3.29. The van der Waals surface area contributed by atoms with E-state index in [1.165, 1.54) is 173 Å². The second-order valence-corrected chi connectivity index (χ2v) is 19.0. The summed E-state index contributed by atoms with van der Waals surface area (Å²) in [7, 11) is 0. The highest BCUT2D eigenvalue weighted by Crippen LogP contribution is 2.17. The fourth-order valence-corrected chi connectivity index (χ4v) is 8.39. The zero-order chi connectivity index (χ0) is 46.7. The van der Waals surface area contributed by atoms with Gasteiger partial charge in [-0.1, -0.05) is 256 Å². The normalized spacial score (nSPS) is 13.5. The molecule has 0 aliphatic heterocycles. The fourth-order valence-electron chi connectivity index (χ4n) is 8.39. The average molecular weight is 898 g/mol. The lowest BCUT2D eigenvalue weighted by molar-refractivity contribution is -0.148. The van der Waals surface area contributed by atoms with Gasteiger partial charge in [0, 0.05) is 6.42 Å². The van der Waals surface area contributed by atoms with E-state index in [1.807, 2.05) is 12.2 Å². The van der Waals surface area contributed by atoms with E-state index in [2.05, 4.69) is 62.5 Å². The SMILES string of the molecule is CCCCCCCC/C=C\C/C=C/C(CC(=O)NC(CO)C(O)CCCCCCCCCCCCCCCCCC)OC(=O)CCCCCCC/C=C/C=C/CCCCCCCCC. The molecule has 3 atom stereocenters. The molecule has 0 aromatic rings. The summed E-state index contributed by atoms with van der Waals surface area (Å²) in [5.74, 6) is -0.613. The first-order valence-corrected chi connectivity index (χ1v) is 27.9. The molecule has 0 fully saturated rings. The molecule has 6 heteroatoms. The smallest absolute Gasteiger partial charge is 0.306 e. The van der Waals surface area contributed by atoms with E-state index < -0.39 is 18.2 Å². The predicted octanol–water partition coefficient (Wildman–Crippen LogP) is 17.0. The Labute approximate surface area is 397 Å². The number of carbonyl (C=O) groups excluding carboxylic acids is 2. The van der Waals surface area contributed by atoms with Gasteiger partial charge in [-0.25, -0.2) is 0 Å². The van der Waals surface area contributed by atoms with E-state index in [4.69, 9.17) is 4.74 Å². The van der Waals surface area contributed by atoms with Gasteiger partial charge < -0.3 is 20.3 Å². The lowest BCUT2D eigenvalue weighted by Gasteiger charge is -2.23. The van der Waals surface area contributed by atoms with Gasteiger partial charge in [-0.15, -0.1) is 0 Å². The molecule has 64 heavy (non-hydrogen) atoms. The summed E-state index contributed by atoms with van der Waals surface area (Å²) in [5, 5.41) is 23.8. The van der Waals surface area contributed by atoms with Crippen LogP contribution in [-0.2, 0) is 14.3 Å². The van der Waals surface area contributed by atoms with Crippen LogP contribution in [0.15, 0.2) is 48.6 Å². The summed E-state index contributed by atoms with van der Waals surface area (Å²) >= 11 is 0. The van der Waals surface area contributed by atoms with Gasteiger partial charge in [0.15, 0.2) is 0 Å². The zero-order valence-electron chi connectivity index (χ0n) is 42.7. The lowest BCUT2D eigenvalue weighted by Crippen LogP contribution is -2.46. The number of nitrogens with one attached hydrogen (secondary N) is 1. The number of esters is 1. The van der Waals surface area contributed by atoms with E-state index in [9.17, 15) is 19.8 Å². The summed E-state index contributed by atoms with van der Waals surface area (Å²) in [6, 6.07) is -0.735. The highest BCUT2D eigenvalue weighted by Gasteiger charge is 2.23. The van der Waals surface area contributed by atoms with E-state index in [0.717, 1.165) is 64.2 Å². The van der Waals surface area contributed by atoms with E-state index in [1.54, 1.807) is 0 Å². The van der Waals surface area contributed by atoms with Crippen molar-refractivity contribution in [3.63, 3.8) is 0 Å². The van der Waals surface area contributed by atoms with Crippen molar-refractivity contribution in [3.8, 4) is 0 Å². The Bertz CT molecular complexity index is 1100. The molecule has 0 saturated heterocycles. The van der Waals surface area contributed by atoms with Crippen LogP contribution in [0.2, 0.25) is 0 Å². The summed E-state index contributed by atoms with van der Waals surface area (Å²) in [6.45, 7) is 6.46. The fraction of sp³-hybridized carbons (Fsp3) is 0.828. The molecular formula is C58H107NO5. The van der Waals surface area contributed by atoms with Gasteiger partial charge in [0.2, 0.25) is 5.91 Å². The Morgan fingerprint density at radius 1 is 0.484 bits per heavy atom. The molecule has 0 heterocycles. The maximum atomic E-state index is 13.2. The maximum Gasteiger partial charge on any atom is 0.306 e. The summed E-state index contributed by atoms with van der Waals surface area (Å²) in [6.07, 6.45) is 63.5. The van der Waals surface area contributed by atoms with Crippen molar-refractivity contribution < 1.29 is 24.5 Å². The first-order chi connectivity index (χ1) is 31.5. The van der Waals surface area contributed by atoms with Gasteiger partial charge >= 0.3 is 5.97 Å². The number of allylic oxidation sites excluding steroid dienone is 7.